The van der Waals surface area contributed by atoms with Crippen LogP contribution < -0.4 is 0 Å². The molecule has 0 unspecified atom stereocenters. The fourth-order valence-corrected chi connectivity index (χ4v) is 0. The van der Waals surface area contributed by atoms with E-state index >= 15 is 0 Å². The van der Waals surface area contributed by atoms with Gasteiger partial charge in [0.15, 0.2) is 0 Å². The zero-order chi connectivity index (χ0) is 14.3. The van der Waals surface area contributed by atoms with Crippen LogP contribution in [0, 0.1) is 0 Å². The second-order valence-electron chi connectivity index (χ2n) is 1.39. The van der Waals surface area contributed by atoms with Crippen molar-refractivity contribution < 1.29 is 87.7 Å². The van der Waals surface area contributed by atoms with Crippen molar-refractivity contribution in [3.05, 3.63) is 0 Å². The Hall–Kier alpha value is 1.22. The molecule has 0 aliphatic heterocycles. The third-order valence-electron chi connectivity index (χ3n) is 0. The fourth-order valence-electron chi connectivity index (χ4n) is 0. The summed E-state index contributed by atoms with van der Waals surface area (Å²) in [5.41, 5.74) is 0. The van der Waals surface area contributed by atoms with Gasteiger partial charge in [-0.05, 0) is 0 Å². The van der Waals surface area contributed by atoms with Crippen molar-refractivity contribution in [2.24, 2.45) is 0 Å². The summed E-state index contributed by atoms with van der Waals surface area (Å²) in [5, 5.41) is 86.0. The molecule has 0 heterocycles. The van der Waals surface area contributed by atoms with Crippen molar-refractivity contribution in [1.82, 2.24) is 0 Å². The summed E-state index contributed by atoms with van der Waals surface area (Å²) < 4.78 is 0. The molecule has 22 N–H and O–H groups in total. The Balaban J connectivity index is -0.00000001000. The average Bonchev–Trinajstić information content (AvgIpc) is 1.76. The third-order valence-corrected chi connectivity index (χ3v) is 0. The molecule has 0 aromatic heterocycles. The molecule has 0 saturated heterocycles. The van der Waals surface area contributed by atoms with Crippen LogP contribution in [0.5, 0.6) is 0 Å². The Morgan fingerprint density at radius 3 is 0.273 bits per heavy atom. The van der Waals surface area contributed by atoms with Crippen LogP contribution in [0.25, 0.3) is 0 Å². The standard InChI is InChI=1S/4BH3O3.K.5H2O.H/c4*2-1(3)4;;;;;;;/h4*2-4H;;5*1H2;. The molecule has 22 heavy (non-hydrogen) atoms. The van der Waals surface area contributed by atoms with Gasteiger partial charge in [-0.1, -0.05) is 0 Å². The van der Waals surface area contributed by atoms with Gasteiger partial charge < -0.3 is 87.7 Å². The van der Waals surface area contributed by atoms with Gasteiger partial charge in [-0.2, -0.15) is 0 Å². The zero-order valence-corrected chi connectivity index (χ0v) is 10.2. The number of hydrogen-bond donors (Lipinski definition) is 12. The van der Waals surface area contributed by atoms with Crippen LogP contribution >= 0.6 is 0 Å². The van der Waals surface area contributed by atoms with E-state index in [1.165, 1.54) is 0 Å². The van der Waals surface area contributed by atoms with E-state index in [1.807, 2.05) is 0 Å². The average molecular weight is 378 g/mol. The van der Waals surface area contributed by atoms with Crippen molar-refractivity contribution in [2.75, 3.05) is 0 Å². The Labute approximate surface area is 167 Å². The molecule has 0 aliphatic rings. The molecular formula is H23B4KO17. The summed E-state index contributed by atoms with van der Waals surface area (Å²) >= 11 is 0. The summed E-state index contributed by atoms with van der Waals surface area (Å²) in [6.07, 6.45) is 0. The van der Waals surface area contributed by atoms with E-state index < -0.39 is 29.3 Å². The van der Waals surface area contributed by atoms with Crippen molar-refractivity contribution >= 4 is 80.7 Å². The molecule has 138 valence electrons. The normalized spacial score (nSPS) is 4.91. The Kier molecular flexibility index (Phi) is 171. The topological polar surface area (TPSA) is 400 Å². The molecule has 0 fully saturated rings. The van der Waals surface area contributed by atoms with Gasteiger partial charge in [0, 0.05) is 0 Å². The van der Waals surface area contributed by atoms with E-state index in [0.29, 0.717) is 0 Å². The quantitative estimate of drug-likeness (QED) is 0.175. The van der Waals surface area contributed by atoms with E-state index in [-0.39, 0.29) is 78.8 Å². The molecule has 0 rings (SSSR count). The van der Waals surface area contributed by atoms with E-state index in [2.05, 4.69) is 0 Å². The summed E-state index contributed by atoms with van der Waals surface area (Å²) in [6, 6.07) is 0. The van der Waals surface area contributed by atoms with Crippen LogP contribution in [0.1, 0.15) is 0 Å². The van der Waals surface area contributed by atoms with Gasteiger partial charge in [0.1, 0.15) is 0 Å². The molecule has 17 nitrogen and oxygen atoms in total. The first kappa shape index (κ1) is 65.6. The van der Waals surface area contributed by atoms with Crippen LogP contribution in [0.4, 0.5) is 0 Å². The molecule has 0 aromatic rings. The van der Waals surface area contributed by atoms with E-state index in [4.69, 9.17) is 60.3 Å². The molecule has 0 saturated carbocycles. The van der Waals surface area contributed by atoms with Crippen LogP contribution in [-0.2, 0) is 0 Å². The van der Waals surface area contributed by atoms with E-state index in [1.54, 1.807) is 0 Å². The molecule has 0 radical (unpaired) electrons. The van der Waals surface area contributed by atoms with Gasteiger partial charge in [0.25, 0.3) is 0 Å². The second kappa shape index (κ2) is 57.3. The van der Waals surface area contributed by atoms with Crippen molar-refractivity contribution in [2.45, 2.75) is 0 Å². The first-order valence-electron chi connectivity index (χ1n) is 3.10. The molecule has 0 aromatic carbocycles. The predicted octanol–water partition coefficient (Wildman–Crippen LogP) is -13.0. The summed E-state index contributed by atoms with van der Waals surface area (Å²) in [7, 11) is -8.67. The van der Waals surface area contributed by atoms with E-state index in [9.17, 15) is 0 Å². The van der Waals surface area contributed by atoms with Gasteiger partial charge in [0.2, 0.25) is 0 Å². The molecule has 22 heteroatoms. The molecule has 0 aliphatic carbocycles. The third kappa shape index (κ3) is 5860. The van der Waals surface area contributed by atoms with Crippen LogP contribution in [-0.4, -0.2) is 168 Å². The van der Waals surface area contributed by atoms with Gasteiger partial charge in [-0.25, -0.2) is 0 Å². The summed E-state index contributed by atoms with van der Waals surface area (Å²) in [6.45, 7) is 0. The Morgan fingerprint density at radius 2 is 0.273 bits per heavy atom. The first-order valence-corrected chi connectivity index (χ1v) is 3.10. The Bertz CT molecular complexity index is 63.6. The maximum absolute atomic E-state index is 7.17. The minimum atomic E-state index is -2.17. The number of hydrogen-bond acceptors (Lipinski definition) is 12. The van der Waals surface area contributed by atoms with Crippen LogP contribution in [0.15, 0.2) is 0 Å². The molecular weight excluding hydrogens is 354 g/mol. The second-order valence-corrected chi connectivity index (χ2v) is 1.39. The minimum absolute atomic E-state index is 0. The van der Waals surface area contributed by atoms with Crippen molar-refractivity contribution in [3.63, 3.8) is 0 Å². The molecule has 0 amide bonds. The first-order chi connectivity index (χ1) is 6.93. The van der Waals surface area contributed by atoms with Gasteiger partial charge >= 0.3 is 80.7 Å². The fraction of sp³-hybridized carbons (Fsp3) is 0. The maximum atomic E-state index is 7.17. The van der Waals surface area contributed by atoms with Crippen molar-refractivity contribution in [1.29, 1.82) is 0 Å². The molecule has 0 bridgehead atoms. The summed E-state index contributed by atoms with van der Waals surface area (Å²) in [5.74, 6) is 0. The molecule has 0 atom stereocenters. The SMILES string of the molecule is O.O.O.O.O.OB(O)O.OB(O)O.OB(O)O.OB(O)O.[KH]. The summed E-state index contributed by atoms with van der Waals surface area (Å²) in [4.78, 5) is 0. The van der Waals surface area contributed by atoms with E-state index in [0.717, 1.165) is 0 Å². The van der Waals surface area contributed by atoms with Crippen molar-refractivity contribution in [3.8, 4) is 0 Å². The van der Waals surface area contributed by atoms with Gasteiger partial charge in [-0.3, -0.25) is 0 Å². The zero-order valence-electron chi connectivity index (χ0n) is 10.2. The van der Waals surface area contributed by atoms with Gasteiger partial charge in [-0.15, -0.1) is 0 Å². The van der Waals surface area contributed by atoms with Gasteiger partial charge in [0.05, 0.1) is 0 Å². The Morgan fingerprint density at radius 1 is 0.273 bits per heavy atom. The van der Waals surface area contributed by atoms with Crippen LogP contribution in [0.2, 0.25) is 0 Å². The monoisotopic (exact) mass is 378 g/mol. The van der Waals surface area contributed by atoms with Crippen LogP contribution in [0.3, 0.4) is 0 Å². The number of rotatable bonds is 0. The molecule has 0 spiro atoms. The predicted molar refractivity (Wildman–Crippen MR) is 74.9 cm³/mol.